The Labute approximate surface area is 84.9 Å². The van der Waals surface area contributed by atoms with Crippen LogP contribution in [0.5, 0.6) is 0 Å². The maximum atomic E-state index is 12.1. The minimum atomic E-state index is -2.31. The highest BCUT2D eigenvalue weighted by Gasteiger charge is 2.23. The Hall–Kier alpha value is -0.220. The lowest BCUT2D eigenvalue weighted by molar-refractivity contribution is 0.0199. The standard InChI is InChI=1S/C10H21F2NO/c1-5-8(6-10(2,3)14)13(4)7-9(11)12/h8-9,14H,5-7H2,1-4H3. The molecule has 0 bridgehead atoms. The van der Waals surface area contributed by atoms with E-state index in [0.29, 0.717) is 6.42 Å². The van der Waals surface area contributed by atoms with E-state index in [9.17, 15) is 13.9 Å². The van der Waals surface area contributed by atoms with Crippen LogP contribution in [0, 0.1) is 0 Å². The van der Waals surface area contributed by atoms with Crippen molar-refractivity contribution in [2.75, 3.05) is 13.6 Å². The number of alkyl halides is 2. The SMILES string of the molecule is CCC(CC(C)(C)O)N(C)CC(F)F. The molecular weight excluding hydrogens is 188 g/mol. The van der Waals surface area contributed by atoms with E-state index in [1.165, 1.54) is 0 Å². The molecule has 0 spiro atoms. The van der Waals surface area contributed by atoms with Gasteiger partial charge in [-0.05, 0) is 33.7 Å². The third kappa shape index (κ3) is 6.27. The fourth-order valence-corrected chi connectivity index (χ4v) is 1.56. The Morgan fingerprint density at radius 1 is 1.36 bits per heavy atom. The van der Waals surface area contributed by atoms with Gasteiger partial charge in [0.15, 0.2) is 0 Å². The molecule has 0 rings (SSSR count). The van der Waals surface area contributed by atoms with Crippen LogP contribution in [0.3, 0.4) is 0 Å². The first-order chi connectivity index (χ1) is 6.26. The van der Waals surface area contributed by atoms with Gasteiger partial charge in [-0.1, -0.05) is 6.92 Å². The van der Waals surface area contributed by atoms with Gasteiger partial charge in [0.2, 0.25) is 0 Å². The van der Waals surface area contributed by atoms with Crippen LogP contribution in [0.2, 0.25) is 0 Å². The molecule has 0 aliphatic heterocycles. The van der Waals surface area contributed by atoms with Gasteiger partial charge in [-0.15, -0.1) is 0 Å². The molecule has 0 saturated heterocycles. The smallest absolute Gasteiger partial charge is 0.251 e. The molecule has 0 aliphatic rings. The van der Waals surface area contributed by atoms with Crippen LogP contribution in [0.15, 0.2) is 0 Å². The largest absolute Gasteiger partial charge is 0.390 e. The van der Waals surface area contributed by atoms with Crippen LogP contribution in [0.4, 0.5) is 8.78 Å². The average Bonchev–Trinajstić information content (AvgIpc) is 1.96. The second-order valence-electron chi connectivity index (χ2n) is 4.41. The number of hydrogen-bond acceptors (Lipinski definition) is 2. The number of aliphatic hydroxyl groups is 1. The minimum Gasteiger partial charge on any atom is -0.390 e. The Bertz CT molecular complexity index is 157. The molecule has 14 heavy (non-hydrogen) atoms. The molecule has 1 unspecified atom stereocenters. The van der Waals surface area contributed by atoms with E-state index < -0.39 is 12.0 Å². The van der Waals surface area contributed by atoms with Crippen molar-refractivity contribution in [1.82, 2.24) is 4.90 Å². The third-order valence-corrected chi connectivity index (χ3v) is 2.26. The lowest BCUT2D eigenvalue weighted by atomic mass is 9.96. The fourth-order valence-electron chi connectivity index (χ4n) is 1.56. The predicted molar refractivity (Wildman–Crippen MR) is 53.6 cm³/mol. The molecule has 2 nitrogen and oxygen atoms in total. The van der Waals surface area contributed by atoms with Crippen LogP contribution < -0.4 is 0 Å². The van der Waals surface area contributed by atoms with Gasteiger partial charge in [-0.25, -0.2) is 8.78 Å². The number of halogens is 2. The van der Waals surface area contributed by atoms with Gasteiger partial charge in [0, 0.05) is 6.04 Å². The van der Waals surface area contributed by atoms with Gasteiger partial charge in [0.1, 0.15) is 0 Å². The highest BCUT2D eigenvalue weighted by Crippen LogP contribution is 2.17. The van der Waals surface area contributed by atoms with Gasteiger partial charge < -0.3 is 5.11 Å². The molecule has 0 aliphatic carbocycles. The first-order valence-corrected chi connectivity index (χ1v) is 4.97. The van der Waals surface area contributed by atoms with E-state index >= 15 is 0 Å². The molecule has 0 fully saturated rings. The zero-order valence-electron chi connectivity index (χ0n) is 9.43. The van der Waals surface area contributed by atoms with Gasteiger partial charge in [0.25, 0.3) is 6.43 Å². The predicted octanol–water partition coefficient (Wildman–Crippen LogP) is 2.12. The number of rotatable bonds is 6. The van der Waals surface area contributed by atoms with Crippen molar-refractivity contribution in [3.8, 4) is 0 Å². The molecule has 1 atom stereocenters. The second kappa shape index (κ2) is 5.61. The quantitative estimate of drug-likeness (QED) is 0.724. The normalized spacial score (nSPS) is 15.2. The Morgan fingerprint density at radius 2 is 1.86 bits per heavy atom. The van der Waals surface area contributed by atoms with Crippen molar-refractivity contribution in [2.24, 2.45) is 0 Å². The summed E-state index contributed by atoms with van der Waals surface area (Å²) in [7, 11) is 1.67. The monoisotopic (exact) mass is 209 g/mol. The van der Waals surface area contributed by atoms with E-state index in [1.54, 1.807) is 25.8 Å². The molecule has 0 radical (unpaired) electrons. The van der Waals surface area contributed by atoms with Crippen molar-refractivity contribution in [1.29, 1.82) is 0 Å². The summed E-state index contributed by atoms with van der Waals surface area (Å²) >= 11 is 0. The highest BCUT2D eigenvalue weighted by molar-refractivity contribution is 4.77. The van der Waals surface area contributed by atoms with Crippen LogP contribution in [0.1, 0.15) is 33.6 Å². The molecular formula is C10H21F2NO. The first kappa shape index (κ1) is 13.8. The van der Waals surface area contributed by atoms with Gasteiger partial charge in [0.05, 0.1) is 12.1 Å². The van der Waals surface area contributed by atoms with Gasteiger partial charge >= 0.3 is 0 Å². The fraction of sp³-hybridized carbons (Fsp3) is 1.00. The van der Waals surface area contributed by atoms with Crippen LogP contribution in [0.25, 0.3) is 0 Å². The van der Waals surface area contributed by atoms with Crippen LogP contribution in [-0.2, 0) is 0 Å². The second-order valence-corrected chi connectivity index (χ2v) is 4.41. The summed E-state index contributed by atoms with van der Waals surface area (Å²) in [6.07, 6.45) is -1.02. The summed E-state index contributed by atoms with van der Waals surface area (Å²) in [6, 6.07) is 0.0176. The molecule has 1 N–H and O–H groups in total. The van der Waals surface area contributed by atoms with Gasteiger partial charge in [-0.2, -0.15) is 0 Å². The summed E-state index contributed by atoms with van der Waals surface area (Å²) in [5.41, 5.74) is -0.795. The lowest BCUT2D eigenvalue weighted by Gasteiger charge is -2.31. The van der Waals surface area contributed by atoms with E-state index in [1.807, 2.05) is 6.92 Å². The first-order valence-electron chi connectivity index (χ1n) is 4.97. The van der Waals surface area contributed by atoms with E-state index in [-0.39, 0.29) is 12.6 Å². The molecule has 0 aromatic rings. The van der Waals surface area contributed by atoms with Gasteiger partial charge in [-0.3, -0.25) is 4.90 Å². The van der Waals surface area contributed by atoms with Crippen molar-refractivity contribution in [3.63, 3.8) is 0 Å². The molecule has 0 heterocycles. The topological polar surface area (TPSA) is 23.5 Å². The Morgan fingerprint density at radius 3 is 2.14 bits per heavy atom. The van der Waals surface area contributed by atoms with Crippen molar-refractivity contribution in [2.45, 2.75) is 51.7 Å². The molecule has 0 saturated carbocycles. The van der Waals surface area contributed by atoms with E-state index in [2.05, 4.69) is 0 Å². The lowest BCUT2D eigenvalue weighted by Crippen LogP contribution is -2.39. The number of nitrogens with zero attached hydrogens (tertiary/aromatic N) is 1. The Balaban J connectivity index is 4.12. The Kier molecular flexibility index (Phi) is 5.52. The van der Waals surface area contributed by atoms with E-state index in [4.69, 9.17) is 0 Å². The zero-order valence-corrected chi connectivity index (χ0v) is 9.43. The molecule has 86 valence electrons. The average molecular weight is 209 g/mol. The van der Waals surface area contributed by atoms with Crippen LogP contribution in [-0.4, -0.2) is 41.7 Å². The maximum Gasteiger partial charge on any atom is 0.251 e. The highest BCUT2D eigenvalue weighted by atomic mass is 19.3. The summed E-state index contributed by atoms with van der Waals surface area (Å²) in [6.45, 7) is 5.12. The summed E-state index contributed by atoms with van der Waals surface area (Å²) < 4.78 is 24.2. The van der Waals surface area contributed by atoms with Crippen molar-refractivity contribution < 1.29 is 13.9 Å². The van der Waals surface area contributed by atoms with Crippen molar-refractivity contribution >= 4 is 0 Å². The van der Waals surface area contributed by atoms with Crippen LogP contribution >= 0.6 is 0 Å². The molecule has 0 amide bonds. The van der Waals surface area contributed by atoms with E-state index in [0.717, 1.165) is 6.42 Å². The summed E-state index contributed by atoms with van der Waals surface area (Å²) in [4.78, 5) is 1.61. The summed E-state index contributed by atoms with van der Waals surface area (Å²) in [5, 5.41) is 9.59. The minimum absolute atomic E-state index is 0.0176. The maximum absolute atomic E-state index is 12.1. The molecule has 0 aromatic heterocycles. The molecule has 0 aromatic carbocycles. The van der Waals surface area contributed by atoms with Crippen molar-refractivity contribution in [3.05, 3.63) is 0 Å². The number of hydrogen-bond donors (Lipinski definition) is 1. The zero-order chi connectivity index (χ0) is 11.4. The molecule has 4 heteroatoms. The summed E-state index contributed by atoms with van der Waals surface area (Å²) in [5.74, 6) is 0. The third-order valence-electron chi connectivity index (χ3n) is 2.26.